The highest BCUT2D eigenvalue weighted by Crippen LogP contribution is 2.34. The third kappa shape index (κ3) is 4.42. The first-order chi connectivity index (χ1) is 11.9. The van der Waals surface area contributed by atoms with Crippen LogP contribution in [0.4, 0.5) is 4.79 Å². The molecule has 1 aromatic heterocycles. The Morgan fingerprint density at radius 3 is 2.72 bits per heavy atom. The van der Waals surface area contributed by atoms with Gasteiger partial charge in [-0.3, -0.25) is 0 Å². The Kier molecular flexibility index (Phi) is 5.13. The molecular formula is C18H23N3O3S. The van der Waals surface area contributed by atoms with Crippen LogP contribution < -0.4 is 20.1 Å². The van der Waals surface area contributed by atoms with Crippen molar-refractivity contribution < 1.29 is 14.3 Å². The molecule has 25 heavy (non-hydrogen) atoms. The number of thiazole rings is 1. The molecule has 1 aliphatic rings. The van der Waals surface area contributed by atoms with Gasteiger partial charge in [-0.1, -0.05) is 19.9 Å². The van der Waals surface area contributed by atoms with Gasteiger partial charge in [-0.25, -0.2) is 9.78 Å². The lowest BCUT2D eigenvalue weighted by Crippen LogP contribution is -2.42. The maximum atomic E-state index is 12.0. The first-order valence-corrected chi connectivity index (χ1v) is 9.15. The smallest absolute Gasteiger partial charge is 0.315 e. The van der Waals surface area contributed by atoms with Crippen LogP contribution >= 0.6 is 11.3 Å². The maximum absolute atomic E-state index is 12.0. The molecule has 7 heteroatoms. The van der Waals surface area contributed by atoms with Crippen molar-refractivity contribution in [2.75, 3.05) is 19.8 Å². The number of nitrogens with one attached hydrogen (secondary N) is 2. The molecule has 2 amide bonds. The average Bonchev–Trinajstić information content (AvgIpc) is 3.03. The van der Waals surface area contributed by atoms with Crippen LogP contribution in [-0.2, 0) is 12.0 Å². The number of rotatable bonds is 5. The number of carbonyl (C=O) groups excluding carboxylic acids is 1. The molecule has 0 spiro atoms. The molecule has 0 atom stereocenters. The summed E-state index contributed by atoms with van der Waals surface area (Å²) in [5, 5.41) is 8.72. The largest absolute Gasteiger partial charge is 0.486 e. The van der Waals surface area contributed by atoms with Crippen molar-refractivity contribution in [1.82, 2.24) is 15.6 Å². The fraction of sp³-hybridized carbons (Fsp3) is 0.444. The highest BCUT2D eigenvalue weighted by atomic mass is 32.1. The summed E-state index contributed by atoms with van der Waals surface area (Å²) in [5.74, 6) is 1.54. The van der Waals surface area contributed by atoms with Crippen molar-refractivity contribution in [3.05, 3.63) is 39.8 Å². The number of hydrogen-bond donors (Lipinski definition) is 2. The molecular weight excluding hydrogens is 338 g/mol. The van der Waals surface area contributed by atoms with E-state index in [4.69, 9.17) is 9.47 Å². The first-order valence-electron chi connectivity index (χ1n) is 8.27. The number of nitrogens with zero attached hydrogens (tertiary/aromatic N) is 1. The Labute approximate surface area is 151 Å². The molecule has 2 heterocycles. The van der Waals surface area contributed by atoms with Gasteiger partial charge in [-0.2, -0.15) is 0 Å². The summed E-state index contributed by atoms with van der Waals surface area (Å²) in [6, 6.07) is 5.74. The van der Waals surface area contributed by atoms with Gasteiger partial charge in [0.1, 0.15) is 13.2 Å². The Morgan fingerprint density at radius 2 is 2.00 bits per heavy atom. The van der Waals surface area contributed by atoms with E-state index in [0.29, 0.717) is 26.3 Å². The number of ether oxygens (including phenoxy) is 2. The molecule has 0 saturated carbocycles. The third-order valence-electron chi connectivity index (χ3n) is 4.11. The Bertz CT molecular complexity index is 758. The Balaban J connectivity index is 1.54. The lowest BCUT2D eigenvalue weighted by molar-refractivity contribution is 0.171. The third-order valence-corrected chi connectivity index (χ3v) is 4.93. The predicted octanol–water partition coefficient (Wildman–Crippen LogP) is 3.00. The van der Waals surface area contributed by atoms with Crippen LogP contribution in [0.5, 0.6) is 11.5 Å². The van der Waals surface area contributed by atoms with E-state index in [1.807, 2.05) is 30.5 Å². The molecule has 1 aromatic carbocycles. The van der Waals surface area contributed by atoms with Crippen LogP contribution in [0, 0.1) is 6.92 Å². The zero-order valence-electron chi connectivity index (χ0n) is 14.7. The first kappa shape index (κ1) is 17.5. The molecule has 6 nitrogen and oxygen atoms in total. The number of benzene rings is 1. The molecule has 2 N–H and O–H groups in total. The van der Waals surface area contributed by atoms with E-state index in [0.717, 1.165) is 27.8 Å². The summed E-state index contributed by atoms with van der Waals surface area (Å²) in [4.78, 5) is 16.4. The second kappa shape index (κ2) is 7.31. The lowest BCUT2D eigenvalue weighted by atomic mass is 9.84. The minimum absolute atomic E-state index is 0.198. The van der Waals surface area contributed by atoms with Gasteiger partial charge < -0.3 is 20.1 Å². The van der Waals surface area contributed by atoms with E-state index in [-0.39, 0.29) is 11.4 Å². The molecule has 0 radical (unpaired) electrons. The monoisotopic (exact) mass is 361 g/mol. The summed E-state index contributed by atoms with van der Waals surface area (Å²) in [6.07, 6.45) is 0. The molecule has 0 saturated heterocycles. The summed E-state index contributed by atoms with van der Waals surface area (Å²) in [6.45, 7) is 8.20. The van der Waals surface area contributed by atoms with Crippen molar-refractivity contribution in [3.63, 3.8) is 0 Å². The second-order valence-corrected chi connectivity index (χ2v) is 7.70. The van der Waals surface area contributed by atoms with E-state index < -0.39 is 0 Å². The van der Waals surface area contributed by atoms with Crippen LogP contribution in [0.25, 0.3) is 0 Å². The van der Waals surface area contributed by atoms with Crippen molar-refractivity contribution in [2.45, 2.75) is 32.7 Å². The van der Waals surface area contributed by atoms with E-state index in [9.17, 15) is 4.79 Å². The topological polar surface area (TPSA) is 72.5 Å². The van der Waals surface area contributed by atoms with Gasteiger partial charge in [0, 0.05) is 17.3 Å². The lowest BCUT2D eigenvalue weighted by Gasteiger charge is -2.27. The van der Waals surface area contributed by atoms with Crippen molar-refractivity contribution >= 4 is 17.4 Å². The standard InChI is InChI=1S/C18H23N3O3S/c1-12-21-14(10-25-12)9-19-17(22)20-11-18(2,3)13-4-5-15-16(8-13)24-7-6-23-15/h4-5,8,10H,6-7,9,11H2,1-3H3,(H2,19,20,22). The van der Waals surface area contributed by atoms with E-state index in [1.54, 1.807) is 11.3 Å². The fourth-order valence-electron chi connectivity index (χ4n) is 2.59. The number of amides is 2. The summed E-state index contributed by atoms with van der Waals surface area (Å²) >= 11 is 1.58. The highest BCUT2D eigenvalue weighted by molar-refractivity contribution is 7.09. The van der Waals surface area contributed by atoms with Crippen molar-refractivity contribution in [3.8, 4) is 11.5 Å². The molecule has 3 rings (SSSR count). The predicted molar refractivity (Wildman–Crippen MR) is 97.5 cm³/mol. The van der Waals surface area contributed by atoms with E-state index in [2.05, 4.69) is 29.5 Å². The van der Waals surface area contributed by atoms with Crippen LogP contribution in [0.2, 0.25) is 0 Å². The zero-order valence-corrected chi connectivity index (χ0v) is 15.5. The minimum Gasteiger partial charge on any atom is -0.486 e. The average molecular weight is 361 g/mol. The number of fused-ring (bicyclic) bond motifs is 1. The summed E-state index contributed by atoms with van der Waals surface area (Å²) < 4.78 is 11.2. The minimum atomic E-state index is -0.232. The quantitative estimate of drug-likeness (QED) is 0.859. The number of urea groups is 1. The molecule has 134 valence electrons. The normalized spacial score (nSPS) is 13.4. The number of aromatic nitrogens is 1. The number of carbonyl (C=O) groups is 1. The van der Waals surface area contributed by atoms with Crippen LogP contribution in [0.3, 0.4) is 0 Å². The van der Waals surface area contributed by atoms with E-state index in [1.165, 1.54) is 0 Å². The van der Waals surface area contributed by atoms with Gasteiger partial charge in [0.05, 0.1) is 17.2 Å². The maximum Gasteiger partial charge on any atom is 0.315 e. The molecule has 0 bridgehead atoms. The fourth-order valence-corrected chi connectivity index (χ4v) is 3.20. The molecule has 1 aliphatic heterocycles. The van der Waals surface area contributed by atoms with Gasteiger partial charge in [0.15, 0.2) is 11.5 Å². The summed E-state index contributed by atoms with van der Waals surface area (Å²) in [7, 11) is 0. The molecule has 0 fully saturated rings. The van der Waals surface area contributed by atoms with Crippen LogP contribution in [-0.4, -0.2) is 30.8 Å². The van der Waals surface area contributed by atoms with Crippen LogP contribution in [0.1, 0.15) is 30.1 Å². The van der Waals surface area contributed by atoms with Gasteiger partial charge in [0.2, 0.25) is 0 Å². The summed E-state index contributed by atoms with van der Waals surface area (Å²) in [5.41, 5.74) is 1.74. The SMILES string of the molecule is Cc1nc(CNC(=O)NCC(C)(C)c2ccc3c(c2)OCCO3)cs1. The number of hydrogen-bond acceptors (Lipinski definition) is 5. The molecule has 0 aliphatic carbocycles. The zero-order chi connectivity index (χ0) is 17.9. The van der Waals surface area contributed by atoms with Crippen molar-refractivity contribution in [2.24, 2.45) is 0 Å². The Morgan fingerprint density at radius 1 is 1.24 bits per heavy atom. The second-order valence-electron chi connectivity index (χ2n) is 6.64. The van der Waals surface area contributed by atoms with Gasteiger partial charge in [-0.15, -0.1) is 11.3 Å². The van der Waals surface area contributed by atoms with Crippen molar-refractivity contribution in [1.29, 1.82) is 0 Å². The highest BCUT2D eigenvalue weighted by Gasteiger charge is 2.24. The van der Waals surface area contributed by atoms with Crippen LogP contribution in [0.15, 0.2) is 23.6 Å². The Hall–Kier alpha value is -2.28. The van der Waals surface area contributed by atoms with Gasteiger partial charge in [-0.05, 0) is 24.6 Å². The molecule has 2 aromatic rings. The van der Waals surface area contributed by atoms with E-state index >= 15 is 0 Å². The van der Waals surface area contributed by atoms with Gasteiger partial charge in [0.25, 0.3) is 0 Å². The number of aryl methyl sites for hydroxylation is 1. The van der Waals surface area contributed by atoms with Gasteiger partial charge >= 0.3 is 6.03 Å². The molecule has 0 unspecified atom stereocenters.